The van der Waals surface area contributed by atoms with E-state index < -0.39 is 0 Å². The maximum Gasteiger partial charge on any atom is 0.131 e. The molecule has 2 rings (SSSR count). The maximum absolute atomic E-state index is 4.15. The van der Waals surface area contributed by atoms with Crippen molar-refractivity contribution in [2.24, 2.45) is 0 Å². The Balaban J connectivity index is 2.01. The highest BCUT2D eigenvalue weighted by Crippen LogP contribution is 2.22. The van der Waals surface area contributed by atoms with Crippen LogP contribution >= 0.6 is 0 Å². The third-order valence-electron chi connectivity index (χ3n) is 2.38. The van der Waals surface area contributed by atoms with E-state index in [2.05, 4.69) is 20.6 Å². The molecule has 1 fully saturated rings. The molecule has 70 valence electrons. The molecule has 4 heteroatoms. The molecule has 1 aliphatic rings. The lowest BCUT2D eigenvalue weighted by molar-refractivity contribution is 0.444. The van der Waals surface area contributed by atoms with Gasteiger partial charge in [0.15, 0.2) is 0 Å². The average molecular weight is 178 g/mol. The van der Waals surface area contributed by atoms with Crippen LogP contribution in [0.5, 0.6) is 0 Å². The van der Waals surface area contributed by atoms with Crippen molar-refractivity contribution < 1.29 is 0 Å². The normalized spacial score (nSPS) is 16.4. The van der Waals surface area contributed by atoms with Crippen LogP contribution in [-0.2, 0) is 0 Å². The first kappa shape index (κ1) is 8.29. The summed E-state index contributed by atoms with van der Waals surface area (Å²) in [5.74, 6) is 1.78. The van der Waals surface area contributed by atoms with E-state index >= 15 is 0 Å². The second-order valence-electron chi connectivity index (χ2n) is 3.31. The molecule has 0 unspecified atom stereocenters. The summed E-state index contributed by atoms with van der Waals surface area (Å²) in [5.41, 5.74) is 0. The summed E-state index contributed by atoms with van der Waals surface area (Å²) in [6.07, 6.45) is 5.44. The van der Waals surface area contributed by atoms with Crippen molar-refractivity contribution in [2.75, 3.05) is 17.7 Å². The molecule has 1 saturated carbocycles. The summed E-state index contributed by atoms with van der Waals surface area (Å²) in [7, 11) is 1.86. The molecule has 4 nitrogen and oxygen atoms in total. The summed E-state index contributed by atoms with van der Waals surface area (Å²) in [6, 6.07) is 2.55. The minimum absolute atomic E-state index is 0.625. The van der Waals surface area contributed by atoms with E-state index in [1.165, 1.54) is 19.3 Å². The van der Waals surface area contributed by atoms with Crippen molar-refractivity contribution >= 4 is 11.6 Å². The molecule has 1 aromatic rings. The molecule has 0 spiro atoms. The monoisotopic (exact) mass is 178 g/mol. The first-order valence-electron chi connectivity index (χ1n) is 4.65. The van der Waals surface area contributed by atoms with Gasteiger partial charge in [0.25, 0.3) is 0 Å². The Bertz CT molecular complexity index is 283. The lowest BCUT2D eigenvalue weighted by Gasteiger charge is -2.26. The van der Waals surface area contributed by atoms with Gasteiger partial charge in [-0.05, 0) is 19.3 Å². The number of hydrogen-bond acceptors (Lipinski definition) is 4. The van der Waals surface area contributed by atoms with Gasteiger partial charge < -0.3 is 10.6 Å². The average Bonchev–Trinajstić information content (AvgIpc) is 2.12. The Hall–Kier alpha value is -1.32. The molecule has 0 bridgehead atoms. The van der Waals surface area contributed by atoms with Crippen molar-refractivity contribution in [3.63, 3.8) is 0 Å². The molecule has 0 radical (unpaired) electrons. The second kappa shape index (κ2) is 3.60. The molecule has 0 amide bonds. The Labute approximate surface area is 77.8 Å². The van der Waals surface area contributed by atoms with Crippen LogP contribution in [0.1, 0.15) is 19.3 Å². The maximum atomic E-state index is 4.15. The smallest absolute Gasteiger partial charge is 0.131 e. The van der Waals surface area contributed by atoms with Crippen LogP contribution in [0.15, 0.2) is 12.4 Å². The predicted octanol–water partition coefficient (Wildman–Crippen LogP) is 1.48. The van der Waals surface area contributed by atoms with Crippen LogP contribution in [0, 0.1) is 0 Å². The Kier molecular flexibility index (Phi) is 2.29. The third-order valence-corrected chi connectivity index (χ3v) is 2.38. The molecular formula is C9H14N4. The summed E-state index contributed by atoms with van der Waals surface area (Å²) >= 11 is 0. The van der Waals surface area contributed by atoms with Gasteiger partial charge in [0, 0.05) is 19.2 Å². The third kappa shape index (κ3) is 1.88. The standard InChI is InChI=1S/C9H14N4/c1-10-8-5-9(12-6-11-8)13-7-3-2-4-7/h5-7H,2-4H2,1H3,(H2,10,11,12,13). The van der Waals surface area contributed by atoms with Gasteiger partial charge in [-0.1, -0.05) is 0 Å². The molecule has 2 N–H and O–H groups in total. The van der Waals surface area contributed by atoms with E-state index in [0.29, 0.717) is 6.04 Å². The van der Waals surface area contributed by atoms with Gasteiger partial charge in [-0.15, -0.1) is 0 Å². The number of nitrogens with zero attached hydrogens (tertiary/aromatic N) is 2. The molecule has 1 aromatic heterocycles. The number of rotatable bonds is 3. The van der Waals surface area contributed by atoms with Crippen LogP contribution in [0.4, 0.5) is 11.6 Å². The zero-order valence-corrected chi connectivity index (χ0v) is 7.75. The van der Waals surface area contributed by atoms with E-state index in [0.717, 1.165) is 11.6 Å². The summed E-state index contributed by atoms with van der Waals surface area (Å²) in [6.45, 7) is 0. The molecule has 13 heavy (non-hydrogen) atoms. The first-order chi connectivity index (χ1) is 6.38. The molecule has 0 aromatic carbocycles. The van der Waals surface area contributed by atoms with Crippen molar-refractivity contribution in [3.8, 4) is 0 Å². The number of nitrogens with one attached hydrogen (secondary N) is 2. The molecule has 0 atom stereocenters. The van der Waals surface area contributed by atoms with Gasteiger partial charge in [-0.25, -0.2) is 9.97 Å². The quantitative estimate of drug-likeness (QED) is 0.736. The summed E-state index contributed by atoms with van der Waals surface area (Å²) in [4.78, 5) is 8.19. The van der Waals surface area contributed by atoms with E-state index in [-0.39, 0.29) is 0 Å². The van der Waals surface area contributed by atoms with Crippen molar-refractivity contribution in [1.82, 2.24) is 9.97 Å². The number of hydrogen-bond donors (Lipinski definition) is 2. The Morgan fingerprint density at radius 2 is 2.08 bits per heavy atom. The minimum Gasteiger partial charge on any atom is -0.373 e. The Morgan fingerprint density at radius 3 is 2.69 bits per heavy atom. The van der Waals surface area contributed by atoms with E-state index in [1.807, 2.05) is 13.1 Å². The minimum atomic E-state index is 0.625. The van der Waals surface area contributed by atoms with Crippen LogP contribution < -0.4 is 10.6 Å². The van der Waals surface area contributed by atoms with Gasteiger partial charge in [-0.3, -0.25) is 0 Å². The van der Waals surface area contributed by atoms with E-state index in [1.54, 1.807) is 6.33 Å². The summed E-state index contributed by atoms with van der Waals surface area (Å²) < 4.78 is 0. The van der Waals surface area contributed by atoms with Gasteiger partial charge >= 0.3 is 0 Å². The Morgan fingerprint density at radius 1 is 1.31 bits per heavy atom. The molecule has 1 heterocycles. The molecule has 0 saturated heterocycles. The van der Waals surface area contributed by atoms with Crippen LogP contribution in [0.2, 0.25) is 0 Å². The number of aromatic nitrogens is 2. The zero-order chi connectivity index (χ0) is 9.10. The van der Waals surface area contributed by atoms with Gasteiger partial charge in [0.1, 0.15) is 18.0 Å². The van der Waals surface area contributed by atoms with Gasteiger partial charge in [0.2, 0.25) is 0 Å². The van der Waals surface area contributed by atoms with Gasteiger partial charge in [-0.2, -0.15) is 0 Å². The summed E-state index contributed by atoms with van der Waals surface area (Å²) in [5, 5.41) is 6.35. The van der Waals surface area contributed by atoms with Crippen molar-refractivity contribution in [1.29, 1.82) is 0 Å². The first-order valence-corrected chi connectivity index (χ1v) is 4.65. The predicted molar refractivity (Wildman–Crippen MR) is 52.8 cm³/mol. The van der Waals surface area contributed by atoms with Crippen LogP contribution in [0.3, 0.4) is 0 Å². The fourth-order valence-electron chi connectivity index (χ4n) is 1.33. The topological polar surface area (TPSA) is 49.8 Å². The highest BCUT2D eigenvalue weighted by atomic mass is 15.1. The molecule has 0 aliphatic heterocycles. The lowest BCUT2D eigenvalue weighted by atomic mass is 9.93. The zero-order valence-electron chi connectivity index (χ0n) is 7.75. The lowest BCUT2D eigenvalue weighted by Crippen LogP contribution is -2.27. The van der Waals surface area contributed by atoms with E-state index in [4.69, 9.17) is 0 Å². The fourth-order valence-corrected chi connectivity index (χ4v) is 1.33. The van der Waals surface area contributed by atoms with E-state index in [9.17, 15) is 0 Å². The molecular weight excluding hydrogens is 164 g/mol. The molecule has 1 aliphatic carbocycles. The van der Waals surface area contributed by atoms with Gasteiger partial charge in [0.05, 0.1) is 0 Å². The highest BCUT2D eigenvalue weighted by Gasteiger charge is 2.17. The van der Waals surface area contributed by atoms with Crippen LogP contribution in [-0.4, -0.2) is 23.1 Å². The SMILES string of the molecule is CNc1cc(NC2CCC2)ncn1. The fraction of sp³-hybridized carbons (Fsp3) is 0.556. The second-order valence-corrected chi connectivity index (χ2v) is 3.31. The number of anilines is 2. The largest absolute Gasteiger partial charge is 0.373 e. The van der Waals surface area contributed by atoms with Crippen LogP contribution in [0.25, 0.3) is 0 Å². The van der Waals surface area contributed by atoms with Crippen molar-refractivity contribution in [2.45, 2.75) is 25.3 Å². The highest BCUT2D eigenvalue weighted by molar-refractivity contribution is 5.46. The van der Waals surface area contributed by atoms with Crippen molar-refractivity contribution in [3.05, 3.63) is 12.4 Å².